The Hall–Kier alpha value is -1.22. The standard InChI is InChI=1S/C10H15N3/c1-9-7-10(12-8-11-9)5-4-6-13(2)3/h4-5,7-8H,6H2,1-3H3/b5-4+. The lowest BCUT2D eigenvalue weighted by molar-refractivity contribution is 0.457. The molecule has 0 radical (unpaired) electrons. The molecule has 0 aliphatic rings. The predicted molar refractivity (Wildman–Crippen MR) is 54.4 cm³/mol. The minimum absolute atomic E-state index is 0.934. The van der Waals surface area contributed by atoms with Crippen LogP contribution in [0.4, 0.5) is 0 Å². The summed E-state index contributed by atoms with van der Waals surface area (Å²) < 4.78 is 0. The van der Waals surface area contributed by atoms with Gasteiger partial charge in [0, 0.05) is 12.2 Å². The molecule has 0 aliphatic carbocycles. The van der Waals surface area contributed by atoms with Crippen molar-refractivity contribution in [1.29, 1.82) is 0 Å². The van der Waals surface area contributed by atoms with E-state index in [1.165, 1.54) is 0 Å². The van der Waals surface area contributed by atoms with E-state index in [4.69, 9.17) is 0 Å². The number of likely N-dealkylation sites (N-methyl/N-ethyl adjacent to an activating group) is 1. The number of aromatic nitrogens is 2. The molecule has 0 spiro atoms. The zero-order valence-corrected chi connectivity index (χ0v) is 8.36. The topological polar surface area (TPSA) is 29.0 Å². The number of hydrogen-bond acceptors (Lipinski definition) is 3. The molecular formula is C10H15N3. The molecule has 0 aliphatic heterocycles. The fourth-order valence-electron chi connectivity index (χ4n) is 0.951. The SMILES string of the molecule is Cc1cc(/C=C/CN(C)C)ncn1. The van der Waals surface area contributed by atoms with Gasteiger partial charge in [-0.2, -0.15) is 0 Å². The maximum atomic E-state index is 4.12. The third-order valence-corrected chi connectivity index (χ3v) is 1.58. The molecule has 0 unspecified atom stereocenters. The first-order chi connectivity index (χ1) is 6.18. The molecule has 0 atom stereocenters. The highest BCUT2D eigenvalue weighted by Crippen LogP contribution is 1.98. The van der Waals surface area contributed by atoms with Gasteiger partial charge in [0.25, 0.3) is 0 Å². The highest BCUT2D eigenvalue weighted by atomic mass is 15.0. The number of nitrogens with zero attached hydrogens (tertiary/aromatic N) is 3. The van der Waals surface area contributed by atoms with Gasteiger partial charge in [0.15, 0.2) is 0 Å². The highest BCUT2D eigenvalue weighted by Gasteiger charge is 1.89. The minimum Gasteiger partial charge on any atom is -0.306 e. The molecule has 70 valence electrons. The van der Waals surface area contributed by atoms with Gasteiger partial charge in [-0.15, -0.1) is 0 Å². The summed E-state index contributed by atoms with van der Waals surface area (Å²) in [6, 6.07) is 1.96. The Labute approximate surface area is 79.1 Å². The van der Waals surface area contributed by atoms with Gasteiger partial charge in [-0.1, -0.05) is 6.08 Å². The summed E-state index contributed by atoms with van der Waals surface area (Å²) in [5, 5.41) is 0. The van der Waals surface area contributed by atoms with Crippen LogP contribution in [0.1, 0.15) is 11.4 Å². The maximum Gasteiger partial charge on any atom is 0.116 e. The van der Waals surface area contributed by atoms with E-state index in [2.05, 4.69) is 20.9 Å². The van der Waals surface area contributed by atoms with Crippen LogP contribution < -0.4 is 0 Å². The van der Waals surface area contributed by atoms with Crippen molar-refractivity contribution in [2.75, 3.05) is 20.6 Å². The van der Waals surface area contributed by atoms with E-state index in [0.717, 1.165) is 17.9 Å². The second-order valence-electron chi connectivity index (χ2n) is 3.25. The van der Waals surface area contributed by atoms with E-state index in [0.29, 0.717) is 0 Å². The molecule has 0 amide bonds. The molecule has 1 aromatic rings. The van der Waals surface area contributed by atoms with Crippen molar-refractivity contribution in [3.8, 4) is 0 Å². The molecule has 1 rings (SSSR count). The van der Waals surface area contributed by atoms with Crippen molar-refractivity contribution in [2.45, 2.75) is 6.92 Å². The van der Waals surface area contributed by atoms with Gasteiger partial charge in [0.05, 0.1) is 5.69 Å². The molecule has 13 heavy (non-hydrogen) atoms. The lowest BCUT2D eigenvalue weighted by Gasteiger charge is -2.03. The van der Waals surface area contributed by atoms with E-state index in [-0.39, 0.29) is 0 Å². The van der Waals surface area contributed by atoms with Crippen LogP contribution in [-0.2, 0) is 0 Å². The normalized spacial score (nSPS) is 11.4. The van der Waals surface area contributed by atoms with Gasteiger partial charge in [-0.25, -0.2) is 9.97 Å². The minimum atomic E-state index is 0.934. The lowest BCUT2D eigenvalue weighted by Crippen LogP contribution is -2.10. The zero-order chi connectivity index (χ0) is 9.68. The van der Waals surface area contributed by atoms with Crippen molar-refractivity contribution in [3.63, 3.8) is 0 Å². The second kappa shape index (κ2) is 4.72. The molecule has 0 saturated heterocycles. The molecule has 1 heterocycles. The van der Waals surface area contributed by atoms with Crippen LogP contribution in [0.2, 0.25) is 0 Å². The Morgan fingerprint density at radius 3 is 2.77 bits per heavy atom. The van der Waals surface area contributed by atoms with Crippen molar-refractivity contribution in [2.24, 2.45) is 0 Å². The van der Waals surface area contributed by atoms with E-state index in [1.807, 2.05) is 33.2 Å². The number of aryl methyl sites for hydroxylation is 1. The maximum absolute atomic E-state index is 4.12. The van der Waals surface area contributed by atoms with Crippen LogP contribution in [0.15, 0.2) is 18.5 Å². The van der Waals surface area contributed by atoms with E-state index in [1.54, 1.807) is 6.33 Å². The van der Waals surface area contributed by atoms with Gasteiger partial charge in [0.1, 0.15) is 6.33 Å². The third kappa shape index (κ3) is 3.80. The van der Waals surface area contributed by atoms with Gasteiger partial charge in [0.2, 0.25) is 0 Å². The van der Waals surface area contributed by atoms with Crippen LogP contribution in [0.5, 0.6) is 0 Å². The van der Waals surface area contributed by atoms with Crippen molar-refractivity contribution >= 4 is 6.08 Å². The van der Waals surface area contributed by atoms with Crippen molar-refractivity contribution in [1.82, 2.24) is 14.9 Å². The Kier molecular flexibility index (Phi) is 3.58. The Morgan fingerprint density at radius 2 is 2.15 bits per heavy atom. The molecule has 3 nitrogen and oxygen atoms in total. The first-order valence-electron chi connectivity index (χ1n) is 4.28. The first-order valence-corrected chi connectivity index (χ1v) is 4.28. The van der Waals surface area contributed by atoms with Crippen LogP contribution in [-0.4, -0.2) is 35.5 Å². The summed E-state index contributed by atoms with van der Waals surface area (Å²) in [6.07, 6.45) is 5.68. The van der Waals surface area contributed by atoms with E-state index in [9.17, 15) is 0 Å². The summed E-state index contributed by atoms with van der Waals surface area (Å²) in [7, 11) is 4.07. The molecule has 0 fully saturated rings. The van der Waals surface area contributed by atoms with Crippen LogP contribution in [0, 0.1) is 6.92 Å². The van der Waals surface area contributed by atoms with Crippen LogP contribution in [0.25, 0.3) is 6.08 Å². The molecule has 1 aromatic heterocycles. The van der Waals surface area contributed by atoms with Crippen LogP contribution >= 0.6 is 0 Å². The quantitative estimate of drug-likeness (QED) is 0.698. The van der Waals surface area contributed by atoms with Crippen molar-refractivity contribution in [3.05, 3.63) is 29.9 Å². The fraction of sp³-hybridized carbons (Fsp3) is 0.400. The van der Waals surface area contributed by atoms with E-state index < -0.39 is 0 Å². The molecule has 0 bridgehead atoms. The molecule has 3 heteroatoms. The smallest absolute Gasteiger partial charge is 0.116 e. The average Bonchev–Trinajstić information content (AvgIpc) is 2.03. The highest BCUT2D eigenvalue weighted by molar-refractivity contribution is 5.44. The summed E-state index contributed by atoms with van der Waals surface area (Å²) in [6.45, 7) is 2.90. The summed E-state index contributed by atoms with van der Waals surface area (Å²) >= 11 is 0. The third-order valence-electron chi connectivity index (χ3n) is 1.58. The van der Waals surface area contributed by atoms with Crippen molar-refractivity contribution < 1.29 is 0 Å². The first kappa shape index (κ1) is 9.86. The molecule has 0 aromatic carbocycles. The van der Waals surface area contributed by atoms with Gasteiger partial charge in [-0.3, -0.25) is 0 Å². The van der Waals surface area contributed by atoms with Gasteiger partial charge < -0.3 is 4.90 Å². The average molecular weight is 177 g/mol. The predicted octanol–water partition coefficient (Wildman–Crippen LogP) is 1.36. The summed E-state index contributed by atoms with van der Waals surface area (Å²) in [5.74, 6) is 0. The number of rotatable bonds is 3. The molecular weight excluding hydrogens is 162 g/mol. The summed E-state index contributed by atoms with van der Waals surface area (Å²) in [5.41, 5.74) is 1.97. The largest absolute Gasteiger partial charge is 0.306 e. The Bertz CT molecular complexity index is 292. The van der Waals surface area contributed by atoms with Gasteiger partial charge in [-0.05, 0) is 33.2 Å². The monoisotopic (exact) mass is 177 g/mol. The Balaban J connectivity index is 2.58. The zero-order valence-electron chi connectivity index (χ0n) is 8.36. The van der Waals surface area contributed by atoms with Gasteiger partial charge >= 0.3 is 0 Å². The van der Waals surface area contributed by atoms with E-state index >= 15 is 0 Å². The fourth-order valence-corrected chi connectivity index (χ4v) is 0.951. The number of hydrogen-bond donors (Lipinski definition) is 0. The second-order valence-corrected chi connectivity index (χ2v) is 3.25. The molecule has 0 saturated carbocycles. The van der Waals surface area contributed by atoms with Crippen LogP contribution in [0.3, 0.4) is 0 Å². The Morgan fingerprint density at radius 1 is 1.38 bits per heavy atom. The summed E-state index contributed by atoms with van der Waals surface area (Å²) in [4.78, 5) is 10.2. The lowest BCUT2D eigenvalue weighted by atomic mass is 10.3. The molecule has 0 N–H and O–H groups in total.